The zero-order valence-corrected chi connectivity index (χ0v) is 6.00. The maximum atomic E-state index is 10.3. The first-order valence-corrected chi connectivity index (χ1v) is 3.02. The Hall–Kier alpha value is -1.06. The summed E-state index contributed by atoms with van der Waals surface area (Å²) in [6.07, 6.45) is 0.402. The number of carbonyl (C=O) groups excluding carboxylic acids is 1. The molecule has 0 spiro atoms. The lowest BCUT2D eigenvalue weighted by molar-refractivity contribution is -0.141. The van der Waals surface area contributed by atoms with E-state index in [-0.39, 0.29) is 5.92 Å². The summed E-state index contributed by atoms with van der Waals surface area (Å²) in [5.41, 5.74) is 0. The molecule has 0 radical (unpaired) electrons. The lowest BCUT2D eigenvalue weighted by Gasteiger charge is -2.13. The first kappa shape index (κ1) is 8.94. The van der Waals surface area contributed by atoms with Gasteiger partial charge in [-0.15, -0.1) is 0 Å². The molecular weight excluding hydrogens is 134 g/mol. The van der Waals surface area contributed by atoms with Crippen LogP contribution in [-0.4, -0.2) is 23.5 Å². The van der Waals surface area contributed by atoms with Crippen molar-refractivity contribution in [2.75, 3.05) is 0 Å². The van der Waals surface area contributed by atoms with Crippen molar-refractivity contribution in [3.63, 3.8) is 0 Å². The molecule has 0 aromatic heterocycles. The highest BCUT2D eigenvalue weighted by molar-refractivity contribution is 5.76. The third-order valence-corrected chi connectivity index (χ3v) is 1.18. The normalized spacial score (nSPS) is 12.7. The van der Waals surface area contributed by atoms with E-state index < -0.39 is 12.0 Å². The predicted molar refractivity (Wildman–Crippen MR) is 35.5 cm³/mol. The summed E-state index contributed by atoms with van der Waals surface area (Å²) in [5, 5.41) is 10.7. The van der Waals surface area contributed by atoms with E-state index in [2.05, 4.69) is 5.32 Å². The largest absolute Gasteiger partial charge is 0.480 e. The van der Waals surface area contributed by atoms with Gasteiger partial charge in [0.1, 0.15) is 6.04 Å². The molecule has 10 heavy (non-hydrogen) atoms. The van der Waals surface area contributed by atoms with Gasteiger partial charge in [0.25, 0.3) is 0 Å². The minimum absolute atomic E-state index is 0.0808. The summed E-state index contributed by atoms with van der Waals surface area (Å²) in [6, 6.07) is -0.766. The SMILES string of the molecule is CC(C)[C@H](NC=O)C(=O)O. The van der Waals surface area contributed by atoms with Gasteiger partial charge in [0.2, 0.25) is 6.41 Å². The molecule has 4 nitrogen and oxygen atoms in total. The molecule has 0 fully saturated rings. The predicted octanol–water partition coefficient (Wildman–Crippen LogP) is -0.158. The van der Waals surface area contributed by atoms with Crippen LogP contribution in [0.2, 0.25) is 0 Å². The summed E-state index contributed by atoms with van der Waals surface area (Å²) in [5.74, 6) is -1.08. The Balaban J connectivity index is 3.97. The second-order valence-corrected chi connectivity index (χ2v) is 2.34. The molecule has 0 saturated heterocycles. The van der Waals surface area contributed by atoms with Crippen molar-refractivity contribution in [1.82, 2.24) is 5.32 Å². The average molecular weight is 145 g/mol. The van der Waals surface area contributed by atoms with Gasteiger partial charge in [0.05, 0.1) is 0 Å². The van der Waals surface area contributed by atoms with Crippen LogP contribution >= 0.6 is 0 Å². The molecule has 1 atom stereocenters. The van der Waals surface area contributed by atoms with Crippen LogP contribution in [0.5, 0.6) is 0 Å². The number of hydrogen-bond donors (Lipinski definition) is 2. The average Bonchev–Trinajstić information content (AvgIpc) is 1.81. The molecule has 0 aliphatic rings. The lowest BCUT2D eigenvalue weighted by atomic mass is 10.1. The molecule has 0 aliphatic carbocycles. The fourth-order valence-electron chi connectivity index (χ4n) is 0.622. The van der Waals surface area contributed by atoms with Gasteiger partial charge in [-0.1, -0.05) is 13.8 Å². The van der Waals surface area contributed by atoms with Crippen molar-refractivity contribution >= 4 is 12.4 Å². The van der Waals surface area contributed by atoms with Gasteiger partial charge in [-0.2, -0.15) is 0 Å². The Kier molecular flexibility index (Phi) is 3.46. The highest BCUT2D eigenvalue weighted by Crippen LogP contribution is 1.99. The van der Waals surface area contributed by atoms with E-state index >= 15 is 0 Å². The zero-order valence-electron chi connectivity index (χ0n) is 6.00. The smallest absolute Gasteiger partial charge is 0.326 e. The van der Waals surface area contributed by atoms with Crippen molar-refractivity contribution in [3.05, 3.63) is 0 Å². The van der Waals surface area contributed by atoms with Crippen molar-refractivity contribution in [2.24, 2.45) is 5.92 Å². The fraction of sp³-hybridized carbons (Fsp3) is 0.667. The second kappa shape index (κ2) is 3.87. The van der Waals surface area contributed by atoms with Crippen LogP contribution in [-0.2, 0) is 9.59 Å². The highest BCUT2D eigenvalue weighted by atomic mass is 16.4. The molecule has 0 aromatic carbocycles. The van der Waals surface area contributed by atoms with Gasteiger partial charge in [-0.3, -0.25) is 4.79 Å². The van der Waals surface area contributed by atoms with Crippen LogP contribution in [0.25, 0.3) is 0 Å². The Morgan fingerprint density at radius 2 is 2.10 bits per heavy atom. The van der Waals surface area contributed by atoms with Crippen LogP contribution in [0.4, 0.5) is 0 Å². The van der Waals surface area contributed by atoms with E-state index in [4.69, 9.17) is 5.11 Å². The molecule has 0 saturated carbocycles. The second-order valence-electron chi connectivity index (χ2n) is 2.34. The Morgan fingerprint density at radius 1 is 1.60 bits per heavy atom. The van der Waals surface area contributed by atoms with Crippen LogP contribution < -0.4 is 5.32 Å². The highest BCUT2D eigenvalue weighted by Gasteiger charge is 2.19. The summed E-state index contributed by atoms with van der Waals surface area (Å²) in [4.78, 5) is 20.2. The maximum Gasteiger partial charge on any atom is 0.326 e. The van der Waals surface area contributed by atoms with Crippen molar-refractivity contribution in [2.45, 2.75) is 19.9 Å². The van der Waals surface area contributed by atoms with Crippen LogP contribution in [0.15, 0.2) is 0 Å². The third kappa shape index (κ3) is 2.48. The number of nitrogens with one attached hydrogen (secondary N) is 1. The van der Waals surface area contributed by atoms with Crippen LogP contribution in [0.3, 0.4) is 0 Å². The zero-order chi connectivity index (χ0) is 8.15. The number of carbonyl (C=O) groups is 2. The topological polar surface area (TPSA) is 66.4 Å². The maximum absolute atomic E-state index is 10.3. The Bertz CT molecular complexity index is 133. The Morgan fingerprint density at radius 3 is 2.20 bits per heavy atom. The molecule has 4 heteroatoms. The van der Waals surface area contributed by atoms with E-state index in [1.54, 1.807) is 13.8 Å². The minimum atomic E-state index is -0.998. The van der Waals surface area contributed by atoms with E-state index in [1.165, 1.54) is 0 Å². The molecule has 0 rings (SSSR count). The summed E-state index contributed by atoms with van der Waals surface area (Å²) >= 11 is 0. The standard InChI is InChI=1S/C6H11NO3/c1-4(2)5(6(9)10)7-3-8/h3-5H,1-2H3,(H,7,8)(H,9,10)/t5-/m0/s1. The lowest BCUT2D eigenvalue weighted by Crippen LogP contribution is -2.39. The van der Waals surface area contributed by atoms with Gasteiger partial charge in [-0.25, -0.2) is 4.79 Å². The van der Waals surface area contributed by atoms with E-state index in [0.717, 1.165) is 0 Å². The first-order chi connectivity index (χ1) is 4.59. The number of hydrogen-bond acceptors (Lipinski definition) is 2. The number of carboxylic acid groups (broad SMARTS) is 1. The number of carboxylic acids is 1. The number of aliphatic carboxylic acids is 1. The molecule has 0 unspecified atom stereocenters. The first-order valence-electron chi connectivity index (χ1n) is 3.02. The van der Waals surface area contributed by atoms with Gasteiger partial charge in [0, 0.05) is 0 Å². The quantitative estimate of drug-likeness (QED) is 0.540. The summed E-state index contributed by atoms with van der Waals surface area (Å²) < 4.78 is 0. The van der Waals surface area contributed by atoms with Gasteiger partial charge in [-0.05, 0) is 5.92 Å². The third-order valence-electron chi connectivity index (χ3n) is 1.18. The molecule has 0 aromatic rings. The van der Waals surface area contributed by atoms with Crippen molar-refractivity contribution in [3.8, 4) is 0 Å². The molecule has 0 heterocycles. The molecule has 1 amide bonds. The number of rotatable bonds is 4. The minimum Gasteiger partial charge on any atom is -0.480 e. The number of amides is 1. The van der Waals surface area contributed by atoms with Gasteiger partial charge in [0.15, 0.2) is 0 Å². The van der Waals surface area contributed by atoms with Crippen LogP contribution in [0, 0.1) is 5.92 Å². The van der Waals surface area contributed by atoms with E-state index in [1.807, 2.05) is 0 Å². The molecule has 2 N–H and O–H groups in total. The van der Waals surface area contributed by atoms with Crippen molar-refractivity contribution < 1.29 is 14.7 Å². The van der Waals surface area contributed by atoms with Crippen molar-refractivity contribution in [1.29, 1.82) is 0 Å². The molecular formula is C6H11NO3. The fourth-order valence-corrected chi connectivity index (χ4v) is 0.622. The molecule has 58 valence electrons. The van der Waals surface area contributed by atoms with Gasteiger partial charge < -0.3 is 10.4 Å². The monoisotopic (exact) mass is 145 g/mol. The van der Waals surface area contributed by atoms with Crippen LogP contribution in [0.1, 0.15) is 13.8 Å². The van der Waals surface area contributed by atoms with E-state index in [0.29, 0.717) is 6.41 Å². The van der Waals surface area contributed by atoms with Gasteiger partial charge >= 0.3 is 5.97 Å². The molecule has 0 bridgehead atoms. The summed E-state index contributed by atoms with van der Waals surface area (Å²) in [6.45, 7) is 3.46. The Labute approximate surface area is 59.2 Å². The summed E-state index contributed by atoms with van der Waals surface area (Å²) in [7, 11) is 0. The molecule has 0 aliphatic heterocycles. The van der Waals surface area contributed by atoms with E-state index in [9.17, 15) is 9.59 Å².